The minimum Gasteiger partial charge on any atom is -0.394 e. The number of amides is 1. The first-order chi connectivity index (χ1) is 9.46. The number of halogens is 2. The van der Waals surface area contributed by atoms with Crippen LogP contribution in [0.2, 0.25) is 10.0 Å². The molecule has 0 unspecified atom stereocenters. The third-order valence-corrected chi connectivity index (χ3v) is 3.62. The molecule has 1 aromatic carbocycles. The van der Waals surface area contributed by atoms with Crippen molar-refractivity contribution in [2.45, 2.75) is 18.9 Å². The van der Waals surface area contributed by atoms with Gasteiger partial charge >= 0.3 is 0 Å². The van der Waals surface area contributed by atoms with Crippen molar-refractivity contribution < 1.29 is 15.0 Å². The summed E-state index contributed by atoms with van der Waals surface area (Å²) in [5, 5.41) is 22.1. The van der Waals surface area contributed by atoms with Crippen molar-refractivity contribution in [3.63, 3.8) is 0 Å². The Morgan fingerprint density at radius 3 is 2.55 bits per heavy atom. The first-order valence-electron chi connectivity index (χ1n) is 6.13. The summed E-state index contributed by atoms with van der Waals surface area (Å²) in [6, 6.07) is 4.93. The van der Waals surface area contributed by atoms with Crippen molar-refractivity contribution in [3.05, 3.63) is 39.9 Å². The molecule has 0 saturated carbocycles. The van der Waals surface area contributed by atoms with Gasteiger partial charge in [-0.1, -0.05) is 30.1 Å². The van der Waals surface area contributed by atoms with Gasteiger partial charge in [0.1, 0.15) is 0 Å². The van der Waals surface area contributed by atoms with Crippen LogP contribution in [0.3, 0.4) is 0 Å². The zero-order valence-corrected chi connectivity index (χ0v) is 12.6. The predicted molar refractivity (Wildman–Crippen MR) is 80.8 cm³/mol. The molecule has 0 saturated heterocycles. The smallest absolute Gasteiger partial charge is 0.244 e. The lowest BCUT2D eigenvalue weighted by Crippen LogP contribution is -2.53. The van der Waals surface area contributed by atoms with Crippen LogP contribution in [0.4, 0.5) is 0 Å². The van der Waals surface area contributed by atoms with E-state index in [1.165, 1.54) is 12.2 Å². The van der Waals surface area contributed by atoms with Gasteiger partial charge in [0.25, 0.3) is 0 Å². The fraction of sp³-hybridized carbons (Fsp3) is 0.357. The van der Waals surface area contributed by atoms with Crippen LogP contribution in [-0.2, 0) is 4.79 Å². The quantitative estimate of drug-likeness (QED) is 0.705. The van der Waals surface area contributed by atoms with Gasteiger partial charge in [0.05, 0.1) is 18.8 Å². The molecular weight excluding hydrogens is 301 g/mol. The number of rotatable bonds is 6. The maximum atomic E-state index is 11.8. The largest absolute Gasteiger partial charge is 0.394 e. The van der Waals surface area contributed by atoms with E-state index in [9.17, 15) is 15.0 Å². The second-order valence-corrected chi connectivity index (χ2v) is 5.28. The van der Waals surface area contributed by atoms with Crippen LogP contribution in [0.5, 0.6) is 0 Å². The average molecular weight is 318 g/mol. The lowest BCUT2D eigenvalue weighted by atomic mass is 9.98. The highest BCUT2D eigenvalue weighted by Crippen LogP contribution is 2.21. The van der Waals surface area contributed by atoms with E-state index in [2.05, 4.69) is 5.32 Å². The molecule has 0 bridgehead atoms. The summed E-state index contributed by atoms with van der Waals surface area (Å²) in [5.41, 5.74) is -0.399. The first-order valence-corrected chi connectivity index (χ1v) is 6.89. The second kappa shape index (κ2) is 7.64. The Labute approximate surface area is 128 Å². The molecule has 0 aliphatic carbocycles. The lowest BCUT2D eigenvalue weighted by molar-refractivity contribution is -0.119. The molecule has 0 atom stereocenters. The molecule has 1 aromatic rings. The summed E-state index contributed by atoms with van der Waals surface area (Å²) >= 11 is 11.8. The maximum Gasteiger partial charge on any atom is 0.244 e. The zero-order valence-electron chi connectivity index (χ0n) is 11.1. The SMILES string of the molecule is CCC(CO)(CO)NC(=O)/C=C/c1cc(Cl)ccc1Cl. The van der Waals surface area contributed by atoms with Crippen molar-refractivity contribution in [3.8, 4) is 0 Å². The van der Waals surface area contributed by atoms with Gasteiger partial charge in [-0.15, -0.1) is 0 Å². The summed E-state index contributed by atoms with van der Waals surface area (Å²) in [5.74, 6) is -0.425. The van der Waals surface area contributed by atoms with Gasteiger partial charge in [-0.25, -0.2) is 0 Å². The molecule has 110 valence electrons. The highest BCUT2D eigenvalue weighted by molar-refractivity contribution is 6.34. The van der Waals surface area contributed by atoms with Crippen LogP contribution in [0.15, 0.2) is 24.3 Å². The van der Waals surface area contributed by atoms with Gasteiger partial charge in [0, 0.05) is 16.1 Å². The van der Waals surface area contributed by atoms with Crippen molar-refractivity contribution in [2.75, 3.05) is 13.2 Å². The van der Waals surface area contributed by atoms with Crippen molar-refractivity contribution in [1.82, 2.24) is 5.32 Å². The highest BCUT2D eigenvalue weighted by atomic mass is 35.5. The monoisotopic (exact) mass is 317 g/mol. The van der Waals surface area contributed by atoms with Crippen LogP contribution in [-0.4, -0.2) is 34.9 Å². The van der Waals surface area contributed by atoms with Crippen LogP contribution < -0.4 is 5.32 Å². The Kier molecular flexibility index (Phi) is 6.49. The average Bonchev–Trinajstić information content (AvgIpc) is 2.46. The van der Waals surface area contributed by atoms with Gasteiger partial charge in [-0.05, 0) is 36.3 Å². The van der Waals surface area contributed by atoms with E-state index in [0.717, 1.165) is 0 Å². The van der Waals surface area contributed by atoms with E-state index in [0.29, 0.717) is 22.0 Å². The molecule has 1 rings (SSSR count). The van der Waals surface area contributed by atoms with Gasteiger partial charge in [-0.2, -0.15) is 0 Å². The molecule has 0 aromatic heterocycles. The van der Waals surface area contributed by atoms with E-state index in [1.54, 1.807) is 25.1 Å². The molecule has 0 aliphatic heterocycles. The third-order valence-electron chi connectivity index (χ3n) is 3.04. The number of benzene rings is 1. The number of carbonyl (C=O) groups excluding carboxylic acids is 1. The van der Waals surface area contributed by atoms with E-state index in [1.807, 2.05) is 0 Å². The topological polar surface area (TPSA) is 69.6 Å². The van der Waals surface area contributed by atoms with E-state index in [4.69, 9.17) is 23.2 Å². The highest BCUT2D eigenvalue weighted by Gasteiger charge is 2.27. The second-order valence-electron chi connectivity index (χ2n) is 4.44. The molecule has 1 amide bonds. The maximum absolute atomic E-state index is 11.8. The van der Waals surface area contributed by atoms with Crippen molar-refractivity contribution in [2.24, 2.45) is 0 Å². The van der Waals surface area contributed by atoms with Crippen molar-refractivity contribution >= 4 is 35.2 Å². The summed E-state index contributed by atoms with van der Waals surface area (Å²) in [4.78, 5) is 11.8. The van der Waals surface area contributed by atoms with Gasteiger partial charge in [-0.3, -0.25) is 4.79 Å². The summed E-state index contributed by atoms with van der Waals surface area (Å²) < 4.78 is 0. The lowest BCUT2D eigenvalue weighted by Gasteiger charge is -2.29. The molecule has 4 nitrogen and oxygen atoms in total. The molecule has 0 spiro atoms. The third kappa shape index (κ3) is 4.49. The van der Waals surface area contributed by atoms with E-state index >= 15 is 0 Å². The molecule has 0 heterocycles. The Hall–Kier alpha value is -1.07. The minimum atomic E-state index is -1.01. The number of carbonyl (C=O) groups is 1. The Morgan fingerprint density at radius 1 is 1.35 bits per heavy atom. The summed E-state index contributed by atoms with van der Waals surface area (Å²) in [6.07, 6.45) is 3.23. The van der Waals surface area contributed by atoms with E-state index in [-0.39, 0.29) is 13.2 Å². The molecule has 0 radical (unpaired) electrons. The number of hydrogen-bond donors (Lipinski definition) is 3. The zero-order chi connectivity index (χ0) is 15.2. The fourth-order valence-electron chi connectivity index (χ4n) is 1.55. The Morgan fingerprint density at radius 2 is 2.00 bits per heavy atom. The van der Waals surface area contributed by atoms with Gasteiger partial charge < -0.3 is 15.5 Å². The van der Waals surface area contributed by atoms with Gasteiger partial charge in [0.2, 0.25) is 5.91 Å². The number of aliphatic hydroxyl groups is 2. The predicted octanol–water partition coefficient (Wildman–Crippen LogP) is 2.26. The van der Waals surface area contributed by atoms with Crippen LogP contribution >= 0.6 is 23.2 Å². The molecular formula is C14H17Cl2NO3. The molecule has 0 aliphatic rings. The van der Waals surface area contributed by atoms with Gasteiger partial charge in [0.15, 0.2) is 0 Å². The van der Waals surface area contributed by atoms with E-state index < -0.39 is 11.4 Å². The fourth-order valence-corrected chi connectivity index (χ4v) is 1.91. The molecule has 6 heteroatoms. The number of aliphatic hydroxyl groups excluding tert-OH is 2. The molecule has 3 N–H and O–H groups in total. The van der Waals surface area contributed by atoms with Crippen LogP contribution in [0.25, 0.3) is 6.08 Å². The number of nitrogens with one attached hydrogen (secondary N) is 1. The Balaban J connectivity index is 2.80. The summed E-state index contributed by atoms with van der Waals surface area (Å²) in [7, 11) is 0. The van der Waals surface area contributed by atoms with Crippen LogP contribution in [0.1, 0.15) is 18.9 Å². The minimum absolute atomic E-state index is 0.336. The van der Waals surface area contributed by atoms with Crippen LogP contribution in [0, 0.1) is 0 Å². The normalized spacial score (nSPS) is 11.8. The standard InChI is InChI=1S/C14H17Cl2NO3/c1-2-14(8-18,9-19)17-13(20)6-3-10-7-11(15)4-5-12(10)16/h3-7,18-19H,2,8-9H2,1H3,(H,17,20)/b6-3+. The first kappa shape index (κ1) is 17.0. The van der Waals surface area contributed by atoms with Crippen molar-refractivity contribution in [1.29, 1.82) is 0 Å². The molecule has 0 fully saturated rings. The molecule has 20 heavy (non-hydrogen) atoms. The summed E-state index contributed by atoms with van der Waals surface area (Å²) in [6.45, 7) is 1.10. The number of hydrogen-bond acceptors (Lipinski definition) is 3. The Bertz CT molecular complexity index is 491.